The summed E-state index contributed by atoms with van der Waals surface area (Å²) >= 11 is 0. The Hall–Kier alpha value is -3.28. The molecule has 1 unspecified atom stereocenters. The van der Waals surface area contributed by atoms with Gasteiger partial charge in [-0.2, -0.15) is 13.8 Å². The summed E-state index contributed by atoms with van der Waals surface area (Å²) in [6.45, 7) is -0.627. The van der Waals surface area contributed by atoms with Crippen molar-refractivity contribution in [1.82, 2.24) is 20.1 Å². The third kappa shape index (κ3) is 3.17. The third-order valence-corrected chi connectivity index (χ3v) is 6.27. The molecule has 9 nitrogen and oxygen atoms in total. The lowest BCUT2D eigenvalue weighted by Gasteiger charge is -2.49. The van der Waals surface area contributed by atoms with E-state index >= 15 is 0 Å². The summed E-state index contributed by atoms with van der Waals surface area (Å²) < 4.78 is 46.3. The molecule has 2 amide bonds. The van der Waals surface area contributed by atoms with Crippen molar-refractivity contribution >= 4 is 23.4 Å². The maximum Gasteiger partial charge on any atom is 0.257 e. The van der Waals surface area contributed by atoms with Crippen LogP contribution in [-0.2, 0) is 30.5 Å². The number of nitrogens with zero attached hydrogens (tertiary/aromatic N) is 3. The highest BCUT2D eigenvalue weighted by Gasteiger charge is 2.54. The van der Waals surface area contributed by atoms with Gasteiger partial charge in [0.05, 0.1) is 24.8 Å². The van der Waals surface area contributed by atoms with Crippen molar-refractivity contribution in [3.05, 3.63) is 41.1 Å². The largest absolute Gasteiger partial charge is 0.354 e. The Morgan fingerprint density at radius 1 is 1.22 bits per heavy atom. The molecule has 2 saturated heterocycles. The van der Waals surface area contributed by atoms with Gasteiger partial charge in [0.25, 0.3) is 11.8 Å². The quantitative estimate of drug-likeness (QED) is 0.298. The second-order valence-electron chi connectivity index (χ2n) is 8.14. The second kappa shape index (κ2) is 7.40. The van der Waals surface area contributed by atoms with E-state index < -0.39 is 71.0 Å². The first kappa shape index (κ1) is 20.6. The van der Waals surface area contributed by atoms with Crippen molar-refractivity contribution in [2.24, 2.45) is 0 Å². The molecule has 3 aliphatic heterocycles. The van der Waals surface area contributed by atoms with Crippen LogP contribution >= 0.6 is 0 Å². The molecule has 3 fully saturated rings. The number of rotatable bonds is 3. The number of ketones is 2. The average Bonchev–Trinajstić information content (AvgIpc) is 3.10. The number of piperazine rings is 1. The molecule has 1 saturated carbocycles. The van der Waals surface area contributed by atoms with Crippen molar-refractivity contribution in [3.8, 4) is 0 Å². The number of halogens is 3. The van der Waals surface area contributed by atoms with Crippen molar-refractivity contribution in [2.75, 3.05) is 6.54 Å². The van der Waals surface area contributed by atoms with Gasteiger partial charge in [0.15, 0.2) is 12.3 Å². The molecule has 32 heavy (non-hydrogen) atoms. The van der Waals surface area contributed by atoms with Crippen LogP contribution in [0.2, 0.25) is 0 Å². The van der Waals surface area contributed by atoms with Gasteiger partial charge in [0, 0.05) is 18.3 Å². The molecule has 5 rings (SSSR count). The van der Waals surface area contributed by atoms with Crippen LogP contribution in [0, 0.1) is 17.7 Å². The van der Waals surface area contributed by atoms with Gasteiger partial charge in [0.2, 0.25) is 23.5 Å². The Morgan fingerprint density at radius 3 is 2.75 bits per heavy atom. The van der Waals surface area contributed by atoms with Crippen LogP contribution in [0.1, 0.15) is 24.8 Å². The minimum atomic E-state index is -1.45. The van der Waals surface area contributed by atoms with Gasteiger partial charge >= 0.3 is 0 Å². The van der Waals surface area contributed by atoms with E-state index in [9.17, 15) is 32.3 Å². The lowest BCUT2D eigenvalue weighted by Crippen LogP contribution is -2.69. The number of amides is 2. The molecule has 0 aromatic carbocycles. The topological polar surface area (TPSA) is 109 Å². The number of aromatic nitrogens is 1. The molecule has 1 aromatic heterocycles. The van der Waals surface area contributed by atoms with Gasteiger partial charge in [-0.25, -0.2) is 4.39 Å². The van der Waals surface area contributed by atoms with Crippen LogP contribution in [0.15, 0.2) is 17.8 Å². The van der Waals surface area contributed by atoms with E-state index in [4.69, 9.17) is 4.74 Å². The molecule has 12 heteroatoms. The number of carbonyl (C=O) groups excluding carboxylic acids is 4. The highest BCUT2D eigenvalue weighted by Crippen LogP contribution is 2.38. The molecule has 2 bridgehead atoms. The average molecular weight is 450 g/mol. The molecule has 4 heterocycles. The molecule has 4 atom stereocenters. The van der Waals surface area contributed by atoms with Crippen molar-refractivity contribution in [3.63, 3.8) is 0 Å². The highest BCUT2D eigenvalue weighted by atomic mass is 19.1. The summed E-state index contributed by atoms with van der Waals surface area (Å²) in [5.41, 5.74) is -1.27. The summed E-state index contributed by atoms with van der Waals surface area (Å²) in [4.78, 5) is 56.5. The number of nitrogens with one attached hydrogen (secondary N) is 1. The minimum Gasteiger partial charge on any atom is -0.354 e. The Labute approximate surface area is 179 Å². The zero-order valence-corrected chi connectivity index (χ0v) is 16.5. The van der Waals surface area contributed by atoms with E-state index in [-0.39, 0.29) is 18.7 Å². The molecular weight excluding hydrogens is 433 g/mol. The number of carbonyl (C=O) groups is 4. The zero-order chi connectivity index (χ0) is 22.7. The van der Waals surface area contributed by atoms with Crippen LogP contribution in [0.4, 0.5) is 13.2 Å². The second-order valence-corrected chi connectivity index (χ2v) is 8.14. The number of ether oxygens (including phenoxy) is 1. The van der Waals surface area contributed by atoms with E-state index in [1.807, 2.05) is 0 Å². The van der Waals surface area contributed by atoms with Crippen LogP contribution < -0.4 is 5.32 Å². The molecule has 1 N–H and O–H groups in total. The van der Waals surface area contributed by atoms with Gasteiger partial charge in [-0.05, 0) is 19.3 Å². The lowest BCUT2D eigenvalue weighted by atomic mass is 9.92. The maximum atomic E-state index is 13.8. The predicted octanol–water partition coefficient (Wildman–Crippen LogP) is -0.0590. The van der Waals surface area contributed by atoms with Crippen molar-refractivity contribution in [2.45, 2.75) is 50.2 Å². The van der Waals surface area contributed by atoms with Crippen LogP contribution in [0.3, 0.4) is 0 Å². The van der Waals surface area contributed by atoms with Gasteiger partial charge in [0.1, 0.15) is 11.4 Å². The van der Waals surface area contributed by atoms with Crippen LogP contribution in [0.25, 0.3) is 0 Å². The molecule has 0 radical (unpaired) electrons. The Morgan fingerprint density at radius 2 is 2.00 bits per heavy atom. The van der Waals surface area contributed by atoms with E-state index in [2.05, 4.69) is 10.3 Å². The predicted molar refractivity (Wildman–Crippen MR) is 97.7 cm³/mol. The van der Waals surface area contributed by atoms with Crippen LogP contribution in [-0.4, -0.2) is 69.1 Å². The zero-order valence-electron chi connectivity index (χ0n) is 16.5. The summed E-state index contributed by atoms with van der Waals surface area (Å²) in [7, 11) is 0. The fourth-order valence-electron chi connectivity index (χ4n) is 4.78. The van der Waals surface area contributed by atoms with E-state index in [0.29, 0.717) is 12.5 Å². The minimum absolute atomic E-state index is 0.0218. The number of hydrogen-bond acceptors (Lipinski definition) is 7. The summed E-state index contributed by atoms with van der Waals surface area (Å²) in [6.07, 6.45) is 2.78. The molecule has 4 aliphatic rings. The standard InChI is InChI=1S/C20H17F3N4O5/c21-12-4-13(22)25-18(23)10(12)5-24-19(30)11-6-26-7-14-27(8-1-2-9(3-8)32-14)20(31)15(26)17(29)16(11)28/h4,6,8-9,14-15H,1-3,5,7H2,(H,24,30)/t8-,9+,14+,15?/m0/s1. The monoisotopic (exact) mass is 450 g/mol. The molecular formula is C20H17F3N4O5. The first-order valence-corrected chi connectivity index (χ1v) is 10.1. The molecule has 168 valence electrons. The van der Waals surface area contributed by atoms with Crippen molar-refractivity contribution in [1.29, 1.82) is 0 Å². The van der Waals surface area contributed by atoms with Gasteiger partial charge in [-0.15, -0.1) is 0 Å². The summed E-state index contributed by atoms with van der Waals surface area (Å²) in [5.74, 6) is -7.90. The first-order chi connectivity index (χ1) is 15.2. The molecule has 1 aliphatic carbocycles. The van der Waals surface area contributed by atoms with Crippen molar-refractivity contribution < 1.29 is 37.1 Å². The molecule has 0 spiro atoms. The summed E-state index contributed by atoms with van der Waals surface area (Å²) in [5, 5.41) is 2.13. The first-order valence-electron chi connectivity index (χ1n) is 10.1. The van der Waals surface area contributed by atoms with Gasteiger partial charge < -0.3 is 19.9 Å². The maximum absolute atomic E-state index is 13.8. The van der Waals surface area contributed by atoms with Gasteiger partial charge in [-0.3, -0.25) is 19.2 Å². The Kier molecular flexibility index (Phi) is 4.77. The fraction of sp³-hybridized carbons (Fsp3) is 0.450. The number of fused-ring (bicyclic) bond motifs is 5. The highest BCUT2D eigenvalue weighted by molar-refractivity contribution is 6.53. The fourth-order valence-corrected chi connectivity index (χ4v) is 4.78. The Balaban J connectivity index is 1.37. The lowest BCUT2D eigenvalue weighted by molar-refractivity contribution is -0.191. The normalized spacial score (nSPS) is 29.0. The molecule has 1 aromatic rings. The summed E-state index contributed by atoms with van der Waals surface area (Å²) in [6, 6.07) is -1.06. The van der Waals surface area contributed by atoms with Gasteiger partial charge in [-0.1, -0.05) is 0 Å². The number of hydrogen-bond donors (Lipinski definition) is 1. The third-order valence-electron chi connectivity index (χ3n) is 6.27. The SMILES string of the molecule is O=C(NCc1c(F)cc(F)nc1F)C1=CN2C[C@H]3O[C@@H]4CC[C@@H](C4)N3C(=O)C2C(=O)C1=O. The van der Waals surface area contributed by atoms with E-state index in [1.54, 1.807) is 0 Å². The Bertz CT molecular complexity index is 1070. The van der Waals surface area contributed by atoms with E-state index in [1.165, 1.54) is 9.80 Å². The smallest absolute Gasteiger partial charge is 0.257 e. The van der Waals surface area contributed by atoms with Crippen LogP contribution in [0.5, 0.6) is 0 Å². The van der Waals surface area contributed by atoms with E-state index in [0.717, 1.165) is 19.0 Å². The number of pyridine rings is 1. The number of Topliss-reactive ketones (excluding diaryl/α,β-unsaturated/α-hetero) is 2.